The zero-order valence-electron chi connectivity index (χ0n) is 8.64. The molecule has 2 amide bonds. The molecule has 0 aromatic carbocycles. The van der Waals surface area contributed by atoms with E-state index in [1.807, 2.05) is 7.05 Å². The number of piperazine rings is 1. The average molecular weight is 210 g/mol. The number of carbonyl (C=O) groups is 1. The SMILES string of the molecule is CN1CCN(C(=O)Nc2ccon2)CC1. The molecule has 0 saturated carbocycles. The smallest absolute Gasteiger partial charge is 0.323 e. The van der Waals surface area contributed by atoms with Gasteiger partial charge in [0, 0.05) is 32.2 Å². The standard InChI is InChI=1S/C9H14N4O2/c1-12-3-5-13(6-4-12)9(14)10-8-2-7-15-11-8/h2,7H,3-6H2,1H3,(H,10,11,14). The molecule has 1 N–H and O–H groups in total. The fourth-order valence-electron chi connectivity index (χ4n) is 1.48. The Morgan fingerprint density at radius 3 is 2.80 bits per heavy atom. The van der Waals surface area contributed by atoms with Gasteiger partial charge in [0.2, 0.25) is 0 Å². The summed E-state index contributed by atoms with van der Waals surface area (Å²) in [6.45, 7) is 3.32. The van der Waals surface area contributed by atoms with Gasteiger partial charge in [0.15, 0.2) is 5.82 Å². The normalized spacial score (nSPS) is 17.8. The summed E-state index contributed by atoms with van der Waals surface area (Å²) in [6.07, 6.45) is 1.43. The topological polar surface area (TPSA) is 61.6 Å². The van der Waals surface area contributed by atoms with Gasteiger partial charge >= 0.3 is 6.03 Å². The van der Waals surface area contributed by atoms with E-state index in [-0.39, 0.29) is 6.03 Å². The zero-order valence-corrected chi connectivity index (χ0v) is 8.64. The molecule has 6 nitrogen and oxygen atoms in total. The Hall–Kier alpha value is -1.56. The van der Waals surface area contributed by atoms with E-state index in [4.69, 9.17) is 0 Å². The van der Waals surface area contributed by atoms with Crippen LogP contribution < -0.4 is 5.32 Å². The van der Waals surface area contributed by atoms with Crippen molar-refractivity contribution in [3.05, 3.63) is 12.3 Å². The minimum atomic E-state index is -0.114. The molecule has 15 heavy (non-hydrogen) atoms. The van der Waals surface area contributed by atoms with Crippen molar-refractivity contribution in [2.24, 2.45) is 0 Å². The molecule has 0 bridgehead atoms. The Kier molecular flexibility index (Phi) is 2.86. The summed E-state index contributed by atoms with van der Waals surface area (Å²) < 4.78 is 4.63. The van der Waals surface area contributed by atoms with Crippen LogP contribution in [-0.4, -0.2) is 54.2 Å². The van der Waals surface area contributed by atoms with Gasteiger partial charge in [-0.3, -0.25) is 5.32 Å². The highest BCUT2D eigenvalue weighted by molar-refractivity contribution is 5.88. The second-order valence-electron chi connectivity index (χ2n) is 3.61. The van der Waals surface area contributed by atoms with E-state index in [9.17, 15) is 4.79 Å². The maximum Gasteiger partial charge on any atom is 0.323 e. The average Bonchev–Trinajstić information content (AvgIpc) is 2.71. The van der Waals surface area contributed by atoms with E-state index in [0.29, 0.717) is 5.82 Å². The van der Waals surface area contributed by atoms with Gasteiger partial charge in [-0.2, -0.15) is 0 Å². The number of amides is 2. The lowest BCUT2D eigenvalue weighted by atomic mass is 10.3. The molecule has 1 aromatic heterocycles. The molecule has 2 rings (SSSR count). The van der Waals surface area contributed by atoms with Crippen molar-refractivity contribution < 1.29 is 9.32 Å². The Morgan fingerprint density at radius 1 is 1.47 bits per heavy atom. The first-order valence-corrected chi connectivity index (χ1v) is 4.90. The maximum atomic E-state index is 11.7. The Labute approximate surface area is 87.8 Å². The number of hydrogen-bond acceptors (Lipinski definition) is 4. The van der Waals surface area contributed by atoms with E-state index in [2.05, 4.69) is 19.9 Å². The predicted molar refractivity (Wildman–Crippen MR) is 54.6 cm³/mol. The monoisotopic (exact) mass is 210 g/mol. The van der Waals surface area contributed by atoms with Crippen LogP contribution in [0, 0.1) is 0 Å². The van der Waals surface area contributed by atoms with Gasteiger partial charge < -0.3 is 14.3 Å². The quantitative estimate of drug-likeness (QED) is 0.731. The highest BCUT2D eigenvalue weighted by atomic mass is 16.5. The predicted octanol–water partition coefficient (Wildman–Crippen LogP) is 0.454. The summed E-state index contributed by atoms with van der Waals surface area (Å²) in [7, 11) is 2.05. The van der Waals surface area contributed by atoms with E-state index in [1.165, 1.54) is 6.26 Å². The van der Waals surface area contributed by atoms with Crippen LogP contribution >= 0.6 is 0 Å². The molecule has 0 atom stereocenters. The third-order valence-electron chi connectivity index (χ3n) is 2.46. The van der Waals surface area contributed by atoms with Crippen molar-refractivity contribution >= 4 is 11.8 Å². The molecular formula is C9H14N4O2. The molecule has 0 spiro atoms. The van der Waals surface area contributed by atoms with Gasteiger partial charge in [0.1, 0.15) is 6.26 Å². The second kappa shape index (κ2) is 4.31. The lowest BCUT2D eigenvalue weighted by molar-refractivity contribution is 0.164. The van der Waals surface area contributed by atoms with Gasteiger partial charge in [0.25, 0.3) is 0 Å². The van der Waals surface area contributed by atoms with E-state index in [0.717, 1.165) is 26.2 Å². The van der Waals surface area contributed by atoms with Crippen molar-refractivity contribution in [1.82, 2.24) is 15.0 Å². The molecule has 1 fully saturated rings. The van der Waals surface area contributed by atoms with Crippen molar-refractivity contribution in [2.75, 3.05) is 38.5 Å². The number of urea groups is 1. The zero-order chi connectivity index (χ0) is 10.7. The van der Waals surface area contributed by atoms with Crippen molar-refractivity contribution in [1.29, 1.82) is 0 Å². The van der Waals surface area contributed by atoms with E-state index >= 15 is 0 Å². The number of likely N-dealkylation sites (N-methyl/N-ethyl adjacent to an activating group) is 1. The largest absolute Gasteiger partial charge is 0.363 e. The van der Waals surface area contributed by atoms with Crippen LogP contribution in [0.25, 0.3) is 0 Å². The van der Waals surface area contributed by atoms with Crippen molar-refractivity contribution in [3.8, 4) is 0 Å². The van der Waals surface area contributed by atoms with Gasteiger partial charge in [-0.25, -0.2) is 4.79 Å². The number of aromatic nitrogens is 1. The van der Waals surface area contributed by atoms with E-state index < -0.39 is 0 Å². The molecular weight excluding hydrogens is 196 g/mol. The number of nitrogens with one attached hydrogen (secondary N) is 1. The van der Waals surface area contributed by atoms with Crippen molar-refractivity contribution in [2.45, 2.75) is 0 Å². The highest BCUT2D eigenvalue weighted by Crippen LogP contribution is 2.05. The number of hydrogen-bond donors (Lipinski definition) is 1. The fraction of sp³-hybridized carbons (Fsp3) is 0.556. The van der Waals surface area contributed by atoms with Crippen LogP contribution in [0.4, 0.5) is 10.6 Å². The van der Waals surface area contributed by atoms with Crippen LogP contribution in [0.5, 0.6) is 0 Å². The molecule has 1 aliphatic rings. The van der Waals surface area contributed by atoms with Gasteiger partial charge in [-0.15, -0.1) is 0 Å². The lowest BCUT2D eigenvalue weighted by Crippen LogP contribution is -2.48. The molecule has 1 saturated heterocycles. The summed E-state index contributed by atoms with van der Waals surface area (Å²) in [6, 6.07) is 1.51. The maximum absolute atomic E-state index is 11.7. The Morgan fingerprint density at radius 2 is 2.20 bits per heavy atom. The van der Waals surface area contributed by atoms with Crippen LogP contribution in [-0.2, 0) is 0 Å². The molecule has 82 valence electrons. The Balaban J connectivity index is 1.86. The number of rotatable bonds is 1. The first-order valence-electron chi connectivity index (χ1n) is 4.90. The van der Waals surface area contributed by atoms with Gasteiger partial charge in [-0.1, -0.05) is 5.16 Å². The van der Waals surface area contributed by atoms with Gasteiger partial charge in [-0.05, 0) is 7.05 Å². The summed E-state index contributed by atoms with van der Waals surface area (Å²) in [5, 5.41) is 6.29. The minimum absolute atomic E-state index is 0.114. The summed E-state index contributed by atoms with van der Waals surface area (Å²) in [5.41, 5.74) is 0. The number of carbonyl (C=O) groups excluding carboxylic acids is 1. The first kappa shape index (κ1) is 9.97. The molecule has 0 radical (unpaired) electrons. The second-order valence-corrected chi connectivity index (χ2v) is 3.61. The summed E-state index contributed by atoms with van der Waals surface area (Å²) in [4.78, 5) is 15.7. The summed E-state index contributed by atoms with van der Waals surface area (Å²) in [5.74, 6) is 0.457. The molecule has 2 heterocycles. The van der Waals surface area contributed by atoms with Crippen LogP contribution in [0.1, 0.15) is 0 Å². The third-order valence-corrected chi connectivity index (χ3v) is 2.46. The van der Waals surface area contributed by atoms with Crippen LogP contribution in [0.15, 0.2) is 16.9 Å². The lowest BCUT2D eigenvalue weighted by Gasteiger charge is -2.32. The highest BCUT2D eigenvalue weighted by Gasteiger charge is 2.19. The van der Waals surface area contributed by atoms with Crippen molar-refractivity contribution in [3.63, 3.8) is 0 Å². The fourth-order valence-corrected chi connectivity index (χ4v) is 1.48. The van der Waals surface area contributed by atoms with Crippen LogP contribution in [0.2, 0.25) is 0 Å². The third kappa shape index (κ3) is 2.47. The molecule has 6 heteroatoms. The Bertz CT molecular complexity index is 317. The molecule has 0 aliphatic carbocycles. The minimum Gasteiger partial charge on any atom is -0.363 e. The molecule has 1 aromatic rings. The number of anilines is 1. The number of nitrogens with zero attached hydrogens (tertiary/aromatic N) is 3. The van der Waals surface area contributed by atoms with Gasteiger partial charge in [0.05, 0.1) is 0 Å². The van der Waals surface area contributed by atoms with Crippen LogP contribution in [0.3, 0.4) is 0 Å². The first-order chi connectivity index (χ1) is 7.25. The summed E-state index contributed by atoms with van der Waals surface area (Å²) >= 11 is 0. The molecule has 0 unspecified atom stereocenters. The van der Waals surface area contributed by atoms with E-state index in [1.54, 1.807) is 11.0 Å². The molecule has 1 aliphatic heterocycles.